The molecule has 1 aliphatic carbocycles. The molecule has 2 unspecified atom stereocenters. The first kappa shape index (κ1) is 8.09. The van der Waals surface area contributed by atoms with Crippen LogP contribution in [0, 0.1) is 17.3 Å². The van der Waals surface area contributed by atoms with Gasteiger partial charge in [-0.3, -0.25) is 4.79 Å². The second kappa shape index (κ2) is 2.24. The van der Waals surface area contributed by atoms with E-state index < -0.39 is 0 Å². The summed E-state index contributed by atoms with van der Waals surface area (Å²) < 4.78 is 0. The fraction of sp³-hybridized carbons (Fsp3) is 0.900. The van der Waals surface area contributed by atoms with Gasteiger partial charge in [0, 0.05) is 18.5 Å². The molecule has 1 saturated carbocycles. The number of hydrogen-bond donors (Lipinski definition) is 0. The molecular weight excluding hydrogens is 150 g/mol. The lowest BCUT2D eigenvalue weighted by Crippen LogP contribution is -2.38. The largest absolute Gasteiger partial charge is 0.342 e. The van der Waals surface area contributed by atoms with Crippen LogP contribution in [0.1, 0.15) is 27.2 Å². The minimum atomic E-state index is -0.184. The summed E-state index contributed by atoms with van der Waals surface area (Å²) >= 11 is 0. The normalized spacial score (nSPS) is 33.4. The molecule has 1 amide bonds. The highest BCUT2D eigenvalue weighted by Crippen LogP contribution is 2.45. The number of hydrogen-bond acceptors (Lipinski definition) is 1. The summed E-state index contributed by atoms with van der Waals surface area (Å²) in [5.41, 5.74) is -0.184. The summed E-state index contributed by atoms with van der Waals surface area (Å²) in [6.45, 7) is 8.05. The first-order valence-corrected chi connectivity index (χ1v) is 4.78. The van der Waals surface area contributed by atoms with Crippen LogP contribution in [0.4, 0.5) is 0 Å². The van der Waals surface area contributed by atoms with Crippen LogP contribution in [0.3, 0.4) is 0 Å². The Morgan fingerprint density at radius 3 is 2.17 bits per heavy atom. The summed E-state index contributed by atoms with van der Waals surface area (Å²) in [6, 6.07) is 0. The van der Waals surface area contributed by atoms with E-state index in [0.29, 0.717) is 5.91 Å². The van der Waals surface area contributed by atoms with E-state index in [9.17, 15) is 4.79 Å². The number of carbonyl (C=O) groups excluding carboxylic acids is 1. The van der Waals surface area contributed by atoms with Crippen molar-refractivity contribution in [3.8, 4) is 0 Å². The third kappa shape index (κ3) is 1.23. The van der Waals surface area contributed by atoms with Crippen LogP contribution in [0.15, 0.2) is 0 Å². The van der Waals surface area contributed by atoms with Gasteiger partial charge in [-0.15, -0.1) is 0 Å². The van der Waals surface area contributed by atoms with E-state index in [1.54, 1.807) is 0 Å². The molecule has 0 bridgehead atoms. The maximum Gasteiger partial charge on any atom is 0.227 e. The Balaban J connectivity index is 1.97. The lowest BCUT2D eigenvalue weighted by molar-refractivity contribution is -0.138. The number of carbonyl (C=O) groups is 1. The molecule has 2 atom stereocenters. The molecule has 12 heavy (non-hydrogen) atoms. The van der Waals surface area contributed by atoms with Crippen LogP contribution in [-0.2, 0) is 4.79 Å². The molecule has 2 aliphatic rings. The molecule has 2 heteroatoms. The Labute approximate surface area is 73.9 Å². The molecule has 1 saturated heterocycles. The highest BCUT2D eigenvalue weighted by Gasteiger charge is 2.47. The Morgan fingerprint density at radius 2 is 1.75 bits per heavy atom. The summed E-state index contributed by atoms with van der Waals surface area (Å²) in [4.78, 5) is 13.8. The molecule has 0 N–H and O–H groups in total. The third-order valence-electron chi connectivity index (χ3n) is 2.91. The predicted molar refractivity (Wildman–Crippen MR) is 47.6 cm³/mol. The van der Waals surface area contributed by atoms with Crippen LogP contribution in [-0.4, -0.2) is 23.9 Å². The smallest absolute Gasteiger partial charge is 0.227 e. The lowest BCUT2D eigenvalue weighted by atomic mass is 9.95. The van der Waals surface area contributed by atoms with E-state index in [-0.39, 0.29) is 5.41 Å². The first-order valence-electron chi connectivity index (χ1n) is 4.78. The molecule has 0 aromatic heterocycles. The third-order valence-corrected chi connectivity index (χ3v) is 2.91. The summed E-state index contributed by atoms with van der Waals surface area (Å²) in [5, 5.41) is 0. The second-order valence-corrected chi connectivity index (χ2v) is 5.22. The number of piperidine rings is 1. The maximum atomic E-state index is 11.8. The van der Waals surface area contributed by atoms with Crippen molar-refractivity contribution in [1.29, 1.82) is 0 Å². The predicted octanol–water partition coefficient (Wildman–Crippen LogP) is 1.51. The van der Waals surface area contributed by atoms with Gasteiger partial charge in [0.25, 0.3) is 0 Å². The molecule has 2 nitrogen and oxygen atoms in total. The number of likely N-dealkylation sites (tertiary alicyclic amines) is 1. The van der Waals surface area contributed by atoms with E-state index in [1.807, 2.05) is 25.7 Å². The van der Waals surface area contributed by atoms with Crippen LogP contribution >= 0.6 is 0 Å². The molecule has 2 fully saturated rings. The molecule has 68 valence electrons. The van der Waals surface area contributed by atoms with Gasteiger partial charge in [0.05, 0.1) is 0 Å². The Kier molecular flexibility index (Phi) is 1.51. The highest BCUT2D eigenvalue weighted by molar-refractivity contribution is 5.82. The van der Waals surface area contributed by atoms with Gasteiger partial charge in [0.15, 0.2) is 0 Å². The number of rotatable bonds is 0. The molecule has 0 aromatic rings. The maximum absolute atomic E-state index is 11.8. The van der Waals surface area contributed by atoms with E-state index in [2.05, 4.69) is 0 Å². The lowest BCUT2D eigenvalue weighted by Gasteiger charge is -2.26. The van der Waals surface area contributed by atoms with Crippen molar-refractivity contribution >= 4 is 5.91 Å². The van der Waals surface area contributed by atoms with Crippen molar-refractivity contribution in [3.05, 3.63) is 0 Å². The van der Waals surface area contributed by atoms with Crippen molar-refractivity contribution < 1.29 is 4.79 Å². The van der Waals surface area contributed by atoms with Gasteiger partial charge in [0.1, 0.15) is 0 Å². The van der Waals surface area contributed by atoms with Crippen molar-refractivity contribution in [3.63, 3.8) is 0 Å². The zero-order chi connectivity index (χ0) is 8.93. The molecule has 0 spiro atoms. The topological polar surface area (TPSA) is 20.3 Å². The van der Waals surface area contributed by atoms with Crippen molar-refractivity contribution in [2.75, 3.05) is 13.1 Å². The minimum Gasteiger partial charge on any atom is -0.342 e. The SMILES string of the molecule is CC(C)(C)C(=O)N1CC2CC2C1. The molecule has 2 rings (SSSR count). The molecule has 1 aliphatic heterocycles. The van der Waals surface area contributed by atoms with E-state index in [4.69, 9.17) is 0 Å². The molecule has 0 aromatic carbocycles. The van der Waals surface area contributed by atoms with E-state index >= 15 is 0 Å². The van der Waals surface area contributed by atoms with Gasteiger partial charge in [-0.25, -0.2) is 0 Å². The highest BCUT2D eigenvalue weighted by atomic mass is 16.2. The Morgan fingerprint density at radius 1 is 1.25 bits per heavy atom. The van der Waals surface area contributed by atoms with Crippen LogP contribution in [0.25, 0.3) is 0 Å². The van der Waals surface area contributed by atoms with Crippen LogP contribution in [0.5, 0.6) is 0 Å². The Hall–Kier alpha value is -0.530. The van der Waals surface area contributed by atoms with Crippen LogP contribution in [0.2, 0.25) is 0 Å². The van der Waals surface area contributed by atoms with Crippen molar-refractivity contribution in [1.82, 2.24) is 4.90 Å². The minimum absolute atomic E-state index is 0.184. The summed E-state index contributed by atoms with van der Waals surface area (Å²) in [6.07, 6.45) is 1.37. The number of nitrogens with zero attached hydrogens (tertiary/aromatic N) is 1. The van der Waals surface area contributed by atoms with Crippen molar-refractivity contribution in [2.45, 2.75) is 27.2 Å². The Bertz CT molecular complexity index is 206. The molecule has 1 heterocycles. The fourth-order valence-electron chi connectivity index (χ4n) is 2.04. The number of fused-ring (bicyclic) bond motifs is 1. The van der Waals surface area contributed by atoms with Crippen molar-refractivity contribution in [2.24, 2.45) is 17.3 Å². The van der Waals surface area contributed by atoms with Gasteiger partial charge in [0.2, 0.25) is 5.91 Å². The second-order valence-electron chi connectivity index (χ2n) is 5.22. The van der Waals surface area contributed by atoms with Gasteiger partial charge in [-0.2, -0.15) is 0 Å². The quantitative estimate of drug-likeness (QED) is 0.535. The zero-order valence-corrected chi connectivity index (χ0v) is 8.13. The standard InChI is InChI=1S/C10H17NO/c1-10(2,3)9(12)11-5-7-4-8(7)6-11/h7-8H,4-6H2,1-3H3. The molecular formula is C10H17NO. The molecule has 0 radical (unpaired) electrons. The van der Waals surface area contributed by atoms with Crippen LogP contribution < -0.4 is 0 Å². The number of amides is 1. The summed E-state index contributed by atoms with van der Waals surface area (Å²) in [5.74, 6) is 2.04. The van der Waals surface area contributed by atoms with E-state index in [0.717, 1.165) is 24.9 Å². The summed E-state index contributed by atoms with van der Waals surface area (Å²) in [7, 11) is 0. The van der Waals surface area contributed by atoms with Gasteiger partial charge in [-0.1, -0.05) is 20.8 Å². The van der Waals surface area contributed by atoms with Gasteiger partial charge >= 0.3 is 0 Å². The average Bonchev–Trinajstić information content (AvgIpc) is 2.56. The van der Waals surface area contributed by atoms with Gasteiger partial charge < -0.3 is 4.90 Å². The zero-order valence-electron chi connectivity index (χ0n) is 8.13. The first-order chi connectivity index (χ1) is 5.48. The van der Waals surface area contributed by atoms with Gasteiger partial charge in [-0.05, 0) is 18.3 Å². The fourth-order valence-corrected chi connectivity index (χ4v) is 2.04. The average molecular weight is 167 g/mol. The van der Waals surface area contributed by atoms with E-state index in [1.165, 1.54) is 6.42 Å². The monoisotopic (exact) mass is 167 g/mol.